The third-order valence-corrected chi connectivity index (χ3v) is 5.39. The minimum Gasteiger partial charge on any atom is -0.382 e. The molecule has 0 unspecified atom stereocenters. The molecule has 7 nitrogen and oxygen atoms in total. The second kappa shape index (κ2) is 8.58. The van der Waals surface area contributed by atoms with E-state index in [2.05, 4.69) is 26.6 Å². The summed E-state index contributed by atoms with van der Waals surface area (Å²) in [5, 5.41) is 11.1. The Morgan fingerprint density at radius 3 is 2.82 bits per heavy atom. The van der Waals surface area contributed by atoms with Gasteiger partial charge in [0.05, 0.1) is 36.6 Å². The van der Waals surface area contributed by atoms with Crippen molar-refractivity contribution in [3.05, 3.63) is 42.4 Å². The highest BCUT2D eigenvalue weighted by molar-refractivity contribution is 6.07. The lowest BCUT2D eigenvalue weighted by Gasteiger charge is -2.29. The fraction of sp³-hybridized carbons (Fsp3) is 0.429. The molecule has 4 rings (SSSR count). The molecule has 1 saturated carbocycles. The van der Waals surface area contributed by atoms with Crippen molar-refractivity contribution in [2.75, 3.05) is 20.3 Å². The van der Waals surface area contributed by atoms with Crippen LogP contribution >= 0.6 is 0 Å². The van der Waals surface area contributed by atoms with Crippen LogP contribution < -0.4 is 5.32 Å². The zero-order valence-corrected chi connectivity index (χ0v) is 16.0. The van der Waals surface area contributed by atoms with Gasteiger partial charge in [0, 0.05) is 36.5 Å². The molecule has 0 bridgehead atoms. The number of benzene rings is 1. The fourth-order valence-electron chi connectivity index (χ4n) is 3.86. The Morgan fingerprint density at radius 1 is 1.21 bits per heavy atom. The number of amides is 1. The van der Waals surface area contributed by atoms with Gasteiger partial charge in [-0.05, 0) is 49.4 Å². The lowest BCUT2D eigenvalue weighted by atomic mass is 9.92. The number of fused-ring (bicyclic) bond motifs is 1. The molecular weight excluding hydrogens is 356 g/mol. The van der Waals surface area contributed by atoms with Crippen LogP contribution in [0.5, 0.6) is 0 Å². The number of carbonyl (C=O) groups is 1. The molecule has 3 N–H and O–H groups in total. The van der Waals surface area contributed by atoms with Gasteiger partial charge in [-0.1, -0.05) is 0 Å². The summed E-state index contributed by atoms with van der Waals surface area (Å²) in [5.41, 5.74) is 3.46. The summed E-state index contributed by atoms with van der Waals surface area (Å²) < 4.78 is 10.8. The first-order valence-electron chi connectivity index (χ1n) is 9.76. The number of carbonyl (C=O) groups excluding carboxylic acids is 1. The first-order chi connectivity index (χ1) is 13.7. The van der Waals surface area contributed by atoms with E-state index in [-0.39, 0.29) is 18.1 Å². The van der Waals surface area contributed by atoms with Crippen molar-refractivity contribution < 1.29 is 14.3 Å². The number of nitrogens with zero attached hydrogens (tertiary/aromatic N) is 1. The lowest BCUT2D eigenvalue weighted by Crippen LogP contribution is -2.39. The third-order valence-electron chi connectivity index (χ3n) is 5.39. The minimum atomic E-state index is -0.0402. The summed E-state index contributed by atoms with van der Waals surface area (Å²) in [6.07, 6.45) is 9.51. The molecule has 3 aromatic rings. The highest BCUT2D eigenvalue weighted by atomic mass is 16.5. The van der Waals surface area contributed by atoms with Crippen molar-refractivity contribution in [2.45, 2.75) is 37.8 Å². The molecule has 2 aromatic heterocycles. The number of methoxy groups -OCH3 is 1. The van der Waals surface area contributed by atoms with Crippen molar-refractivity contribution in [3.8, 4) is 11.1 Å². The number of rotatable bonds is 7. The van der Waals surface area contributed by atoms with Gasteiger partial charge in [-0.2, -0.15) is 5.10 Å². The Balaban J connectivity index is 1.44. The van der Waals surface area contributed by atoms with Crippen molar-refractivity contribution in [2.24, 2.45) is 0 Å². The molecule has 28 heavy (non-hydrogen) atoms. The molecule has 2 heterocycles. The van der Waals surface area contributed by atoms with Gasteiger partial charge in [0.15, 0.2) is 0 Å². The maximum Gasteiger partial charge on any atom is 0.253 e. The second-order valence-corrected chi connectivity index (χ2v) is 7.26. The minimum absolute atomic E-state index is 0.0402. The topological polar surface area (TPSA) is 92.0 Å². The molecule has 0 atom stereocenters. The van der Waals surface area contributed by atoms with Crippen LogP contribution in [-0.2, 0) is 9.47 Å². The van der Waals surface area contributed by atoms with E-state index in [1.807, 2.05) is 24.5 Å². The number of H-pyrrole nitrogens is 2. The van der Waals surface area contributed by atoms with Crippen molar-refractivity contribution in [3.63, 3.8) is 0 Å². The average molecular weight is 382 g/mol. The average Bonchev–Trinajstić information content (AvgIpc) is 3.40. The largest absolute Gasteiger partial charge is 0.382 e. The van der Waals surface area contributed by atoms with Crippen LogP contribution in [0.3, 0.4) is 0 Å². The van der Waals surface area contributed by atoms with Crippen molar-refractivity contribution >= 4 is 16.8 Å². The Hall–Kier alpha value is -2.64. The highest BCUT2D eigenvalue weighted by Crippen LogP contribution is 2.27. The Kier molecular flexibility index (Phi) is 5.73. The van der Waals surface area contributed by atoms with Gasteiger partial charge in [-0.25, -0.2) is 0 Å². The quantitative estimate of drug-likeness (QED) is 0.547. The summed E-state index contributed by atoms with van der Waals surface area (Å²) >= 11 is 0. The molecule has 1 aliphatic carbocycles. The predicted molar refractivity (Wildman–Crippen MR) is 107 cm³/mol. The van der Waals surface area contributed by atoms with Crippen molar-refractivity contribution in [1.29, 1.82) is 0 Å². The molecule has 0 aliphatic heterocycles. The van der Waals surface area contributed by atoms with E-state index < -0.39 is 0 Å². The molecular formula is C21H26N4O3. The monoisotopic (exact) mass is 382 g/mol. The maximum absolute atomic E-state index is 13.0. The van der Waals surface area contributed by atoms with Crippen LogP contribution in [-0.4, -0.2) is 53.6 Å². The van der Waals surface area contributed by atoms with Crippen LogP contribution in [0, 0.1) is 0 Å². The molecule has 1 amide bonds. The van der Waals surface area contributed by atoms with Crippen LogP contribution in [0.4, 0.5) is 0 Å². The van der Waals surface area contributed by atoms with E-state index in [0.29, 0.717) is 18.8 Å². The van der Waals surface area contributed by atoms with Crippen molar-refractivity contribution in [1.82, 2.24) is 20.5 Å². The fourth-order valence-corrected chi connectivity index (χ4v) is 3.86. The first-order valence-corrected chi connectivity index (χ1v) is 9.76. The number of hydrogen-bond donors (Lipinski definition) is 3. The molecule has 0 spiro atoms. The van der Waals surface area contributed by atoms with E-state index in [9.17, 15) is 4.79 Å². The van der Waals surface area contributed by atoms with Gasteiger partial charge in [0.2, 0.25) is 0 Å². The highest BCUT2D eigenvalue weighted by Gasteiger charge is 2.24. The number of hydrogen-bond acceptors (Lipinski definition) is 4. The molecule has 0 saturated heterocycles. The van der Waals surface area contributed by atoms with E-state index >= 15 is 0 Å². The number of aromatic amines is 2. The van der Waals surface area contributed by atoms with Crippen LogP contribution in [0.2, 0.25) is 0 Å². The number of aromatic nitrogens is 3. The van der Waals surface area contributed by atoms with Gasteiger partial charge >= 0.3 is 0 Å². The first kappa shape index (κ1) is 18.7. The summed E-state index contributed by atoms with van der Waals surface area (Å²) in [6.45, 7) is 1.25. The standard InChI is InChI=1S/C21H26N4O3/c1-27-8-9-28-18-4-2-17(3-5-18)25-21(26)19-11-15(16-12-23-24-13-16)10-14-6-7-22-20(14)19/h6-7,10-13,17-18,22H,2-5,8-9H2,1H3,(H,23,24)(H,25,26)/t17-,18-. The van der Waals surface area contributed by atoms with E-state index in [1.165, 1.54) is 0 Å². The van der Waals surface area contributed by atoms with Crippen LogP contribution in [0.1, 0.15) is 36.0 Å². The van der Waals surface area contributed by atoms with Gasteiger partial charge in [-0.15, -0.1) is 0 Å². The van der Waals surface area contributed by atoms with E-state index in [1.54, 1.807) is 13.3 Å². The molecule has 1 aliphatic rings. The summed E-state index contributed by atoms with van der Waals surface area (Å²) in [6, 6.07) is 6.16. The summed E-state index contributed by atoms with van der Waals surface area (Å²) in [5.74, 6) is -0.0402. The Bertz CT molecular complexity index is 911. The molecule has 148 valence electrons. The van der Waals surface area contributed by atoms with E-state index in [4.69, 9.17) is 9.47 Å². The maximum atomic E-state index is 13.0. The lowest BCUT2D eigenvalue weighted by molar-refractivity contribution is -0.00408. The predicted octanol–water partition coefficient (Wildman–Crippen LogP) is 3.26. The second-order valence-electron chi connectivity index (χ2n) is 7.26. The van der Waals surface area contributed by atoms with Crippen LogP contribution in [0.15, 0.2) is 36.8 Å². The zero-order valence-electron chi connectivity index (χ0n) is 16.0. The summed E-state index contributed by atoms with van der Waals surface area (Å²) in [7, 11) is 1.68. The smallest absolute Gasteiger partial charge is 0.253 e. The third kappa shape index (κ3) is 4.10. The SMILES string of the molecule is COCCO[C@H]1CC[C@H](NC(=O)c2cc(-c3cn[nH]c3)cc3cc[nH]c23)CC1. The number of ether oxygens (including phenoxy) is 2. The van der Waals surface area contributed by atoms with Gasteiger partial charge in [0.1, 0.15) is 0 Å². The van der Waals surface area contributed by atoms with E-state index in [0.717, 1.165) is 47.7 Å². The Morgan fingerprint density at radius 2 is 2.07 bits per heavy atom. The molecule has 0 radical (unpaired) electrons. The molecule has 1 fully saturated rings. The van der Waals surface area contributed by atoms with Crippen LogP contribution in [0.25, 0.3) is 22.0 Å². The molecule has 7 heteroatoms. The number of nitrogens with one attached hydrogen (secondary N) is 3. The zero-order chi connectivity index (χ0) is 19.3. The normalized spacial score (nSPS) is 19.8. The Labute approximate surface area is 163 Å². The molecule has 1 aromatic carbocycles. The summed E-state index contributed by atoms with van der Waals surface area (Å²) in [4.78, 5) is 16.2. The van der Waals surface area contributed by atoms with Gasteiger partial charge in [0.25, 0.3) is 5.91 Å². The van der Waals surface area contributed by atoms with Gasteiger partial charge in [-0.3, -0.25) is 9.89 Å². The van der Waals surface area contributed by atoms with Gasteiger partial charge < -0.3 is 19.8 Å².